The molecule has 0 saturated carbocycles. The van der Waals surface area contributed by atoms with Gasteiger partial charge in [0.2, 0.25) is 0 Å². The minimum Gasteiger partial charge on any atom is -0.481 e. The number of nitrogens with two attached hydrogens (primary N) is 1. The smallest absolute Gasteiger partial charge is 0.390 e. The van der Waals surface area contributed by atoms with Gasteiger partial charge in [0.15, 0.2) is 0 Å². The Morgan fingerprint density at radius 3 is 2.36 bits per heavy atom. The summed E-state index contributed by atoms with van der Waals surface area (Å²) >= 11 is 0. The maximum absolute atomic E-state index is 11.8. The fraction of sp³-hybridized carbons (Fsp3) is 0.875. The molecule has 0 heterocycles. The third-order valence-electron chi connectivity index (χ3n) is 1.72. The predicted octanol–water partition coefficient (Wildman–Crippen LogP) is 1.77. The van der Waals surface area contributed by atoms with E-state index in [9.17, 15) is 18.0 Å². The number of alkyl halides is 3. The molecule has 0 radical (unpaired) electrons. The highest BCUT2D eigenvalue weighted by molar-refractivity contribution is 5.66. The van der Waals surface area contributed by atoms with Crippen molar-refractivity contribution in [3.8, 4) is 0 Å². The summed E-state index contributed by atoms with van der Waals surface area (Å²) in [6.45, 7) is 1.57. The second kappa shape index (κ2) is 5.19. The van der Waals surface area contributed by atoms with Gasteiger partial charge < -0.3 is 10.8 Å². The summed E-state index contributed by atoms with van der Waals surface area (Å²) in [5, 5.41) is 8.37. The Morgan fingerprint density at radius 2 is 2.00 bits per heavy atom. The van der Waals surface area contributed by atoms with Gasteiger partial charge >= 0.3 is 12.1 Å². The van der Waals surface area contributed by atoms with Crippen LogP contribution in [-0.2, 0) is 4.79 Å². The molecule has 0 rings (SSSR count). The van der Waals surface area contributed by atoms with Crippen molar-refractivity contribution in [2.75, 3.05) is 0 Å². The number of halogens is 3. The van der Waals surface area contributed by atoms with E-state index < -0.39 is 24.6 Å². The van der Waals surface area contributed by atoms with E-state index in [1.165, 1.54) is 0 Å². The molecule has 3 nitrogen and oxygen atoms in total. The first-order valence-electron chi connectivity index (χ1n) is 4.25. The average Bonchev–Trinajstić information content (AvgIpc) is 1.77. The summed E-state index contributed by atoms with van der Waals surface area (Å²) in [5.41, 5.74) is 5.22. The zero-order chi connectivity index (χ0) is 11.4. The van der Waals surface area contributed by atoms with Crippen LogP contribution in [-0.4, -0.2) is 23.3 Å². The zero-order valence-electron chi connectivity index (χ0n) is 7.84. The Balaban J connectivity index is 3.82. The first-order valence-corrected chi connectivity index (χ1v) is 4.25. The summed E-state index contributed by atoms with van der Waals surface area (Å²) in [4.78, 5) is 10.2. The molecule has 0 bridgehead atoms. The standard InChI is InChI=1S/C8H14F3NO2/c1-5(3-7(13)14)2-6(12)4-8(9,10)11/h5-6H,2-4,12H2,1H3,(H,13,14). The molecule has 0 aliphatic rings. The van der Waals surface area contributed by atoms with Crippen LogP contribution < -0.4 is 5.73 Å². The highest BCUT2D eigenvalue weighted by Gasteiger charge is 2.30. The third kappa shape index (κ3) is 7.85. The van der Waals surface area contributed by atoms with Crippen LogP contribution in [0.5, 0.6) is 0 Å². The molecule has 0 aliphatic carbocycles. The van der Waals surface area contributed by atoms with Crippen LogP contribution in [0.1, 0.15) is 26.2 Å². The highest BCUT2D eigenvalue weighted by Crippen LogP contribution is 2.23. The van der Waals surface area contributed by atoms with Crippen molar-refractivity contribution in [3.05, 3.63) is 0 Å². The number of carboxylic acid groups (broad SMARTS) is 1. The molecule has 0 aliphatic heterocycles. The van der Waals surface area contributed by atoms with E-state index in [1.807, 2.05) is 0 Å². The predicted molar refractivity (Wildman–Crippen MR) is 44.7 cm³/mol. The zero-order valence-corrected chi connectivity index (χ0v) is 7.84. The molecule has 2 atom stereocenters. The van der Waals surface area contributed by atoms with Crippen molar-refractivity contribution >= 4 is 5.97 Å². The molecule has 2 unspecified atom stereocenters. The molecule has 0 spiro atoms. The molecular weight excluding hydrogens is 199 g/mol. The van der Waals surface area contributed by atoms with Crippen molar-refractivity contribution in [1.29, 1.82) is 0 Å². The third-order valence-corrected chi connectivity index (χ3v) is 1.72. The lowest BCUT2D eigenvalue weighted by Gasteiger charge is -2.17. The Hall–Kier alpha value is -0.780. The fourth-order valence-corrected chi connectivity index (χ4v) is 1.28. The van der Waals surface area contributed by atoms with Crippen LogP contribution in [0.15, 0.2) is 0 Å². The van der Waals surface area contributed by atoms with Gasteiger partial charge in [-0.2, -0.15) is 13.2 Å². The van der Waals surface area contributed by atoms with E-state index in [4.69, 9.17) is 10.8 Å². The molecule has 0 aromatic rings. The molecule has 0 saturated heterocycles. The first-order chi connectivity index (χ1) is 6.20. The van der Waals surface area contributed by atoms with Crippen LogP contribution in [0.3, 0.4) is 0 Å². The Morgan fingerprint density at radius 1 is 1.50 bits per heavy atom. The largest absolute Gasteiger partial charge is 0.481 e. The monoisotopic (exact) mass is 213 g/mol. The lowest BCUT2D eigenvalue weighted by Crippen LogP contribution is -2.29. The molecule has 0 aromatic heterocycles. The number of carbonyl (C=O) groups is 1. The number of hydrogen-bond acceptors (Lipinski definition) is 2. The molecule has 14 heavy (non-hydrogen) atoms. The van der Waals surface area contributed by atoms with Crippen molar-refractivity contribution in [2.45, 2.75) is 38.4 Å². The van der Waals surface area contributed by atoms with Gasteiger partial charge in [-0.3, -0.25) is 4.79 Å². The first kappa shape index (κ1) is 13.2. The Bertz CT molecular complexity index is 194. The quantitative estimate of drug-likeness (QED) is 0.731. The van der Waals surface area contributed by atoms with E-state index in [2.05, 4.69) is 0 Å². The molecule has 0 aromatic carbocycles. The van der Waals surface area contributed by atoms with E-state index in [1.54, 1.807) is 6.92 Å². The van der Waals surface area contributed by atoms with Crippen molar-refractivity contribution < 1.29 is 23.1 Å². The maximum atomic E-state index is 11.8. The second-order valence-electron chi connectivity index (χ2n) is 3.52. The number of hydrogen-bond donors (Lipinski definition) is 2. The van der Waals surface area contributed by atoms with Gasteiger partial charge in [-0.15, -0.1) is 0 Å². The minimum absolute atomic E-state index is 0.0752. The van der Waals surface area contributed by atoms with Gasteiger partial charge in [0.05, 0.1) is 6.42 Å². The average molecular weight is 213 g/mol. The van der Waals surface area contributed by atoms with Gasteiger partial charge in [-0.1, -0.05) is 6.92 Å². The van der Waals surface area contributed by atoms with Gasteiger partial charge in [0.25, 0.3) is 0 Å². The van der Waals surface area contributed by atoms with Crippen molar-refractivity contribution in [3.63, 3.8) is 0 Å². The number of rotatable bonds is 5. The topological polar surface area (TPSA) is 63.3 Å². The van der Waals surface area contributed by atoms with Gasteiger partial charge in [-0.25, -0.2) is 0 Å². The number of carboxylic acids is 1. The summed E-state index contributed by atoms with van der Waals surface area (Å²) in [5.74, 6) is -1.35. The molecule has 6 heteroatoms. The SMILES string of the molecule is CC(CC(=O)O)CC(N)CC(F)(F)F. The molecule has 0 amide bonds. The number of aliphatic carboxylic acids is 1. The van der Waals surface area contributed by atoms with Crippen LogP contribution in [0.2, 0.25) is 0 Å². The van der Waals surface area contributed by atoms with Crippen molar-refractivity contribution in [1.82, 2.24) is 0 Å². The van der Waals surface area contributed by atoms with Gasteiger partial charge in [-0.05, 0) is 12.3 Å². The summed E-state index contributed by atoms with van der Waals surface area (Å²) < 4.78 is 35.5. The van der Waals surface area contributed by atoms with Crippen molar-refractivity contribution in [2.24, 2.45) is 11.7 Å². The molecule has 3 N–H and O–H groups in total. The normalized spacial score (nSPS) is 16.4. The van der Waals surface area contributed by atoms with Crippen LogP contribution in [0, 0.1) is 5.92 Å². The summed E-state index contributed by atoms with van der Waals surface area (Å²) in [7, 11) is 0. The lowest BCUT2D eigenvalue weighted by atomic mass is 9.97. The molecular formula is C8H14F3NO2. The Labute approximate surface area is 80.1 Å². The van der Waals surface area contributed by atoms with Crippen LogP contribution in [0.4, 0.5) is 13.2 Å². The van der Waals surface area contributed by atoms with Crippen LogP contribution in [0.25, 0.3) is 0 Å². The molecule has 0 fully saturated rings. The lowest BCUT2D eigenvalue weighted by molar-refractivity contribution is -0.139. The van der Waals surface area contributed by atoms with E-state index in [0.29, 0.717) is 0 Å². The molecule has 84 valence electrons. The van der Waals surface area contributed by atoms with Crippen LogP contribution >= 0.6 is 0 Å². The van der Waals surface area contributed by atoms with Gasteiger partial charge in [0, 0.05) is 12.5 Å². The Kier molecular flexibility index (Phi) is 4.90. The van der Waals surface area contributed by atoms with E-state index in [-0.39, 0.29) is 18.8 Å². The van der Waals surface area contributed by atoms with Gasteiger partial charge in [0.1, 0.15) is 0 Å². The van der Waals surface area contributed by atoms with E-state index in [0.717, 1.165) is 0 Å². The highest BCUT2D eigenvalue weighted by atomic mass is 19.4. The fourth-order valence-electron chi connectivity index (χ4n) is 1.28. The summed E-state index contributed by atoms with van der Waals surface area (Å²) in [6.07, 6.45) is -5.41. The second-order valence-corrected chi connectivity index (χ2v) is 3.52. The maximum Gasteiger partial charge on any atom is 0.390 e. The minimum atomic E-state index is -4.28. The van der Waals surface area contributed by atoms with E-state index >= 15 is 0 Å². The summed E-state index contributed by atoms with van der Waals surface area (Å²) in [6, 6.07) is -1.01.